The molecule has 0 saturated carbocycles. The lowest BCUT2D eigenvalue weighted by Crippen LogP contribution is -2.39. The van der Waals surface area contributed by atoms with Gasteiger partial charge in [-0.15, -0.1) is 11.3 Å². The summed E-state index contributed by atoms with van der Waals surface area (Å²) in [4.78, 5) is 4.53. The van der Waals surface area contributed by atoms with Crippen molar-refractivity contribution < 1.29 is 4.74 Å². The van der Waals surface area contributed by atoms with E-state index in [4.69, 9.17) is 4.74 Å². The smallest absolute Gasteiger partial charge is 0.0897 e. The maximum Gasteiger partial charge on any atom is 0.0897 e. The third-order valence-corrected chi connectivity index (χ3v) is 3.73. The van der Waals surface area contributed by atoms with Gasteiger partial charge in [-0.2, -0.15) is 0 Å². The highest BCUT2D eigenvalue weighted by molar-refractivity contribution is 7.09. The number of aryl methyl sites for hydroxylation is 1. The Kier molecular flexibility index (Phi) is 5.56. The molecule has 1 heterocycles. The third kappa shape index (κ3) is 5.15. The summed E-state index contributed by atoms with van der Waals surface area (Å²) in [6.45, 7) is 9.43. The van der Waals surface area contributed by atoms with Crippen LogP contribution in [0.2, 0.25) is 0 Å². The van der Waals surface area contributed by atoms with Gasteiger partial charge in [0.05, 0.1) is 16.3 Å². The molecule has 0 saturated heterocycles. The van der Waals surface area contributed by atoms with Gasteiger partial charge in [0, 0.05) is 25.0 Å². The number of methoxy groups -OCH3 is 1. The molecule has 1 aromatic rings. The molecular formula is C13H24N2OS. The van der Waals surface area contributed by atoms with Crippen molar-refractivity contribution in [3.63, 3.8) is 0 Å². The van der Waals surface area contributed by atoms with Crippen LogP contribution in [0.5, 0.6) is 0 Å². The van der Waals surface area contributed by atoms with Crippen molar-refractivity contribution >= 4 is 11.3 Å². The molecule has 4 heteroatoms. The highest BCUT2D eigenvalue weighted by Gasteiger charge is 2.23. The minimum absolute atomic E-state index is 0.0854. The van der Waals surface area contributed by atoms with E-state index >= 15 is 0 Å². The Labute approximate surface area is 109 Å². The molecule has 0 aliphatic rings. The molecule has 1 unspecified atom stereocenters. The number of aromatic nitrogens is 1. The van der Waals surface area contributed by atoms with Crippen LogP contribution < -0.4 is 5.32 Å². The molecule has 0 bridgehead atoms. The van der Waals surface area contributed by atoms with Gasteiger partial charge in [-0.05, 0) is 33.7 Å². The summed E-state index contributed by atoms with van der Waals surface area (Å²) in [7, 11) is 1.77. The maximum absolute atomic E-state index is 5.50. The van der Waals surface area contributed by atoms with E-state index in [2.05, 4.69) is 43.4 Å². The van der Waals surface area contributed by atoms with Crippen molar-refractivity contribution in [2.45, 2.75) is 52.2 Å². The maximum atomic E-state index is 5.50. The molecule has 1 atom stereocenters. The largest absolute Gasteiger partial charge is 0.379 e. The first kappa shape index (κ1) is 14.6. The van der Waals surface area contributed by atoms with Crippen LogP contribution >= 0.6 is 11.3 Å². The monoisotopic (exact) mass is 256 g/mol. The number of nitrogens with one attached hydrogen (secondary N) is 1. The summed E-state index contributed by atoms with van der Waals surface area (Å²) in [6, 6.07) is 0.427. The summed E-state index contributed by atoms with van der Waals surface area (Å²) < 4.78 is 5.50. The molecule has 0 aliphatic heterocycles. The third-order valence-electron chi connectivity index (χ3n) is 2.91. The molecule has 0 radical (unpaired) electrons. The van der Waals surface area contributed by atoms with Crippen LogP contribution in [0, 0.1) is 6.92 Å². The van der Waals surface area contributed by atoms with Crippen LogP contribution in [0.4, 0.5) is 0 Å². The second-order valence-corrected chi connectivity index (χ2v) is 6.05. The molecule has 17 heavy (non-hydrogen) atoms. The van der Waals surface area contributed by atoms with Crippen molar-refractivity contribution in [2.24, 2.45) is 0 Å². The normalized spacial score (nSPS) is 13.9. The van der Waals surface area contributed by atoms with E-state index in [1.54, 1.807) is 18.4 Å². The van der Waals surface area contributed by atoms with Crippen molar-refractivity contribution in [1.29, 1.82) is 0 Å². The quantitative estimate of drug-likeness (QED) is 0.814. The molecule has 0 spiro atoms. The highest BCUT2D eigenvalue weighted by Crippen LogP contribution is 2.19. The van der Waals surface area contributed by atoms with E-state index in [1.165, 1.54) is 5.69 Å². The van der Waals surface area contributed by atoms with Crippen molar-refractivity contribution in [3.8, 4) is 0 Å². The number of nitrogens with zero attached hydrogens (tertiary/aromatic N) is 1. The molecule has 0 aliphatic carbocycles. The van der Waals surface area contributed by atoms with Gasteiger partial charge in [-0.25, -0.2) is 4.98 Å². The minimum Gasteiger partial charge on any atom is -0.379 e. The van der Waals surface area contributed by atoms with Gasteiger partial charge >= 0.3 is 0 Å². The zero-order valence-electron chi connectivity index (χ0n) is 11.5. The minimum atomic E-state index is -0.0854. The van der Waals surface area contributed by atoms with Gasteiger partial charge in [-0.1, -0.05) is 6.92 Å². The lowest BCUT2D eigenvalue weighted by atomic mass is 9.96. The molecule has 0 aromatic carbocycles. The Morgan fingerprint density at radius 2 is 2.24 bits per heavy atom. The summed E-state index contributed by atoms with van der Waals surface area (Å²) in [5, 5.41) is 6.81. The van der Waals surface area contributed by atoms with E-state index in [-0.39, 0.29) is 5.60 Å². The molecular weight excluding hydrogens is 232 g/mol. The second kappa shape index (κ2) is 6.47. The van der Waals surface area contributed by atoms with Crippen molar-refractivity contribution in [3.05, 3.63) is 16.1 Å². The van der Waals surface area contributed by atoms with E-state index < -0.39 is 0 Å². The highest BCUT2D eigenvalue weighted by atomic mass is 32.1. The van der Waals surface area contributed by atoms with E-state index in [0.29, 0.717) is 6.04 Å². The zero-order chi connectivity index (χ0) is 12.9. The molecule has 0 fully saturated rings. The van der Waals surface area contributed by atoms with E-state index in [0.717, 1.165) is 24.4 Å². The second-order valence-electron chi connectivity index (χ2n) is 4.98. The average Bonchev–Trinajstić information content (AvgIpc) is 2.64. The fourth-order valence-corrected chi connectivity index (χ4v) is 2.56. The number of rotatable bonds is 7. The number of thiazole rings is 1. The molecule has 1 N–H and O–H groups in total. The molecule has 98 valence electrons. The van der Waals surface area contributed by atoms with Gasteiger partial charge in [-0.3, -0.25) is 0 Å². The summed E-state index contributed by atoms with van der Waals surface area (Å²) in [5.41, 5.74) is 1.10. The van der Waals surface area contributed by atoms with Gasteiger partial charge in [0.25, 0.3) is 0 Å². The lowest BCUT2D eigenvalue weighted by molar-refractivity contribution is 0.00721. The standard InChI is InChI=1S/C13H24N2OS/c1-6-14-11(8-13(3,4)16-5)7-12-9-17-10(2)15-12/h9,11,14H,6-8H2,1-5H3. The molecule has 1 rings (SSSR count). The Morgan fingerprint density at radius 3 is 2.71 bits per heavy atom. The predicted molar refractivity (Wildman–Crippen MR) is 73.7 cm³/mol. The Bertz CT molecular complexity index is 336. The van der Waals surface area contributed by atoms with Crippen LogP contribution in [-0.2, 0) is 11.2 Å². The Morgan fingerprint density at radius 1 is 1.53 bits per heavy atom. The van der Waals surface area contributed by atoms with E-state index in [9.17, 15) is 0 Å². The van der Waals surface area contributed by atoms with Crippen LogP contribution in [0.3, 0.4) is 0 Å². The SMILES string of the molecule is CCNC(Cc1csc(C)n1)CC(C)(C)OC. The average molecular weight is 256 g/mol. The first-order valence-electron chi connectivity index (χ1n) is 6.16. The van der Waals surface area contributed by atoms with Gasteiger partial charge in [0.2, 0.25) is 0 Å². The van der Waals surface area contributed by atoms with Crippen molar-refractivity contribution in [1.82, 2.24) is 10.3 Å². The van der Waals surface area contributed by atoms with Gasteiger partial charge in [0.1, 0.15) is 0 Å². The number of hydrogen-bond donors (Lipinski definition) is 1. The zero-order valence-corrected chi connectivity index (χ0v) is 12.4. The van der Waals surface area contributed by atoms with Crippen molar-refractivity contribution in [2.75, 3.05) is 13.7 Å². The Hall–Kier alpha value is -0.450. The fraction of sp³-hybridized carbons (Fsp3) is 0.769. The van der Waals surface area contributed by atoms with Crippen LogP contribution in [-0.4, -0.2) is 30.3 Å². The summed E-state index contributed by atoms with van der Waals surface area (Å²) in [5.74, 6) is 0. The van der Waals surface area contributed by atoms with Gasteiger partial charge in [0.15, 0.2) is 0 Å². The predicted octanol–water partition coefficient (Wildman–Crippen LogP) is 2.79. The van der Waals surface area contributed by atoms with Gasteiger partial charge < -0.3 is 10.1 Å². The number of hydrogen-bond acceptors (Lipinski definition) is 4. The first-order chi connectivity index (χ1) is 7.96. The molecule has 3 nitrogen and oxygen atoms in total. The Balaban J connectivity index is 2.60. The summed E-state index contributed by atoms with van der Waals surface area (Å²) in [6.07, 6.45) is 1.97. The lowest BCUT2D eigenvalue weighted by Gasteiger charge is -2.28. The van der Waals surface area contributed by atoms with E-state index in [1.807, 2.05) is 0 Å². The van der Waals surface area contributed by atoms with Crippen LogP contribution in [0.15, 0.2) is 5.38 Å². The first-order valence-corrected chi connectivity index (χ1v) is 7.04. The number of likely N-dealkylation sites (N-methyl/N-ethyl adjacent to an activating group) is 1. The topological polar surface area (TPSA) is 34.2 Å². The molecule has 1 aromatic heterocycles. The summed E-state index contributed by atoms with van der Waals surface area (Å²) >= 11 is 1.72. The van der Waals surface area contributed by atoms with Crippen LogP contribution in [0.1, 0.15) is 37.9 Å². The van der Waals surface area contributed by atoms with Crippen LogP contribution in [0.25, 0.3) is 0 Å². The number of ether oxygens (including phenoxy) is 1. The fourth-order valence-electron chi connectivity index (χ4n) is 1.94. The molecule has 0 amide bonds.